The Balaban J connectivity index is 1.15. The van der Waals surface area contributed by atoms with Gasteiger partial charge in [0.2, 0.25) is 0 Å². The van der Waals surface area contributed by atoms with Crippen LogP contribution in [0.2, 0.25) is 0 Å². The second kappa shape index (κ2) is 12.1. The molecule has 5 fully saturated rings. The molecule has 7 atom stereocenters. The van der Waals surface area contributed by atoms with Gasteiger partial charge in [-0.2, -0.15) is 10.3 Å². The summed E-state index contributed by atoms with van der Waals surface area (Å²) in [6.45, 7) is 8.06. The van der Waals surface area contributed by atoms with E-state index in [9.17, 15) is 5.26 Å². The Morgan fingerprint density at radius 3 is 2.39 bits per heavy atom. The summed E-state index contributed by atoms with van der Waals surface area (Å²) < 4.78 is 20.3. The molecular weight excluding hydrogens is 547 g/mol. The zero-order chi connectivity index (χ0) is 30.3. The molecule has 2 bridgehead atoms. The molecule has 3 saturated carbocycles. The molecule has 3 aromatic carbocycles. The molecule has 0 radical (unpaired) electrons. The number of benzene rings is 3. The van der Waals surface area contributed by atoms with Crippen molar-refractivity contribution in [3.8, 4) is 6.07 Å². The van der Waals surface area contributed by atoms with Crippen LogP contribution < -0.4 is 0 Å². The maximum absolute atomic E-state index is 9.34. The Bertz CT molecular complexity index is 1480. The molecule has 6 nitrogen and oxygen atoms in total. The zero-order valence-electron chi connectivity index (χ0n) is 26.1. The van der Waals surface area contributed by atoms with Gasteiger partial charge in [-0.15, -0.1) is 0 Å². The van der Waals surface area contributed by atoms with Crippen molar-refractivity contribution < 1.29 is 18.9 Å². The summed E-state index contributed by atoms with van der Waals surface area (Å²) in [7, 11) is -0.398. The standard InChI is InChI=1S/C37H43BN2O4/c1-36(2)30-20-33(36)37(3)34(21-30)42-38(44-37)35(19-27-13-8-5-9-14-27)40-31(22-32(43-40)18-26-11-6-4-7-12-26)25-41-24-29-16-10-15-28(17-29)23-39/h4-17,30-35H,18-22,24-25H2,1-3H3/t30-,31?,32?,33-,34+,35-,37-/m0/s1. The minimum Gasteiger partial charge on any atom is -0.404 e. The summed E-state index contributed by atoms with van der Waals surface area (Å²) in [5, 5.41) is 11.5. The van der Waals surface area contributed by atoms with Crippen molar-refractivity contribution in [2.45, 2.75) is 89.3 Å². The largest absolute Gasteiger partial charge is 0.479 e. The molecule has 44 heavy (non-hydrogen) atoms. The van der Waals surface area contributed by atoms with Crippen molar-refractivity contribution in [1.29, 1.82) is 5.26 Å². The minimum absolute atomic E-state index is 0.0252. The van der Waals surface area contributed by atoms with E-state index in [-0.39, 0.29) is 35.2 Å². The zero-order valence-corrected chi connectivity index (χ0v) is 26.1. The van der Waals surface area contributed by atoms with E-state index in [1.54, 1.807) is 0 Å². The highest BCUT2D eigenvalue weighted by molar-refractivity contribution is 6.47. The number of rotatable bonds is 10. The third kappa shape index (κ3) is 5.64. The van der Waals surface area contributed by atoms with Crippen molar-refractivity contribution in [2.24, 2.45) is 17.3 Å². The van der Waals surface area contributed by atoms with Crippen LogP contribution in [0.5, 0.6) is 0 Å². The first-order chi connectivity index (χ1) is 21.3. The van der Waals surface area contributed by atoms with E-state index in [1.807, 2.05) is 24.3 Å². The first kappa shape index (κ1) is 29.7. The Morgan fingerprint density at radius 1 is 0.932 bits per heavy atom. The van der Waals surface area contributed by atoms with E-state index in [0.717, 1.165) is 31.2 Å². The van der Waals surface area contributed by atoms with E-state index in [2.05, 4.69) is 92.6 Å². The number of hydrogen-bond acceptors (Lipinski definition) is 6. The molecule has 7 heteroatoms. The number of hydroxylamine groups is 2. The summed E-state index contributed by atoms with van der Waals surface area (Å²) in [5.74, 6) is 1.06. The van der Waals surface area contributed by atoms with Crippen LogP contribution in [-0.2, 0) is 38.3 Å². The predicted molar refractivity (Wildman–Crippen MR) is 170 cm³/mol. The lowest BCUT2D eigenvalue weighted by Crippen LogP contribution is -2.65. The Kier molecular flexibility index (Phi) is 8.16. The van der Waals surface area contributed by atoms with E-state index in [1.165, 1.54) is 17.5 Å². The van der Waals surface area contributed by atoms with E-state index < -0.39 is 7.12 Å². The van der Waals surface area contributed by atoms with Crippen LogP contribution in [0.1, 0.15) is 62.3 Å². The third-order valence-corrected chi connectivity index (χ3v) is 11.0. The number of ether oxygens (including phenoxy) is 1. The van der Waals surface area contributed by atoms with Crippen LogP contribution in [0.3, 0.4) is 0 Å². The van der Waals surface area contributed by atoms with Crippen molar-refractivity contribution in [3.63, 3.8) is 0 Å². The van der Waals surface area contributed by atoms with E-state index in [4.69, 9.17) is 18.9 Å². The van der Waals surface area contributed by atoms with Crippen molar-refractivity contribution in [2.75, 3.05) is 6.61 Å². The van der Waals surface area contributed by atoms with Crippen LogP contribution in [0.15, 0.2) is 84.9 Å². The lowest BCUT2D eigenvalue weighted by Gasteiger charge is -2.64. The molecule has 2 aliphatic heterocycles. The van der Waals surface area contributed by atoms with Gasteiger partial charge in [0, 0.05) is 6.42 Å². The summed E-state index contributed by atoms with van der Waals surface area (Å²) in [4.78, 5) is 6.88. The van der Waals surface area contributed by atoms with Crippen LogP contribution in [0.4, 0.5) is 0 Å². The van der Waals surface area contributed by atoms with Crippen molar-refractivity contribution in [3.05, 3.63) is 107 Å². The third-order valence-electron chi connectivity index (χ3n) is 11.0. The second-order valence-corrected chi connectivity index (χ2v) is 14.1. The van der Waals surface area contributed by atoms with E-state index >= 15 is 0 Å². The molecule has 0 aromatic heterocycles. The highest BCUT2D eigenvalue weighted by atomic mass is 16.7. The summed E-state index contributed by atoms with van der Waals surface area (Å²) >= 11 is 0. The van der Waals surface area contributed by atoms with Crippen LogP contribution in [0, 0.1) is 28.6 Å². The molecule has 8 rings (SSSR count). The molecule has 3 aliphatic carbocycles. The highest BCUT2D eigenvalue weighted by Gasteiger charge is 2.69. The van der Waals surface area contributed by atoms with Crippen molar-refractivity contribution >= 4 is 7.12 Å². The number of nitrogens with zero attached hydrogens (tertiary/aromatic N) is 2. The Labute approximate surface area is 262 Å². The smallest absolute Gasteiger partial charge is 0.404 e. The maximum atomic E-state index is 9.34. The lowest BCUT2D eigenvalue weighted by atomic mass is 9.43. The predicted octanol–water partition coefficient (Wildman–Crippen LogP) is 6.57. The molecular formula is C37H43BN2O4. The van der Waals surface area contributed by atoms with E-state index in [0.29, 0.717) is 30.6 Å². The molecule has 2 heterocycles. The summed E-state index contributed by atoms with van der Waals surface area (Å²) in [6, 6.07) is 31.1. The fourth-order valence-corrected chi connectivity index (χ4v) is 8.47. The fourth-order valence-electron chi connectivity index (χ4n) is 8.47. The van der Waals surface area contributed by atoms with Crippen LogP contribution in [0.25, 0.3) is 0 Å². The quantitative estimate of drug-likeness (QED) is 0.249. The molecule has 0 amide bonds. The van der Waals surface area contributed by atoms with Gasteiger partial charge in [-0.3, -0.25) is 4.84 Å². The van der Waals surface area contributed by atoms with Gasteiger partial charge in [0.05, 0.1) is 54.6 Å². The summed E-state index contributed by atoms with van der Waals surface area (Å²) in [5.41, 5.74) is 4.13. The number of nitriles is 1. The monoisotopic (exact) mass is 590 g/mol. The molecule has 2 saturated heterocycles. The average molecular weight is 591 g/mol. The average Bonchev–Trinajstić information content (AvgIpc) is 3.60. The van der Waals surface area contributed by atoms with Gasteiger partial charge < -0.3 is 14.0 Å². The van der Waals surface area contributed by atoms with Gasteiger partial charge in [-0.25, -0.2) is 0 Å². The first-order valence-electron chi connectivity index (χ1n) is 16.3. The second-order valence-electron chi connectivity index (χ2n) is 14.1. The maximum Gasteiger partial charge on any atom is 0.479 e. The fraction of sp³-hybridized carbons (Fsp3) is 0.486. The Morgan fingerprint density at radius 2 is 1.66 bits per heavy atom. The molecule has 5 aliphatic rings. The molecule has 2 unspecified atom stereocenters. The van der Waals surface area contributed by atoms with Gasteiger partial charge in [-0.1, -0.05) is 86.6 Å². The Hall–Kier alpha value is -2.99. The number of hydrogen-bond donors (Lipinski definition) is 0. The van der Waals surface area contributed by atoms with Gasteiger partial charge in [-0.05, 0) is 78.7 Å². The summed E-state index contributed by atoms with van der Waals surface area (Å²) in [6.07, 6.45) is 4.85. The molecule has 3 aromatic rings. The van der Waals surface area contributed by atoms with Crippen molar-refractivity contribution in [1.82, 2.24) is 5.06 Å². The SMILES string of the molecule is CC1(C)[C@@H]2C[C@H]3OB([C@H](Cc4ccccc4)N4OC(Cc5ccccc5)CC4COCc4cccc(C#N)c4)O[C@@]3(C)[C@H]1C2. The molecule has 0 N–H and O–H groups in total. The van der Waals surface area contributed by atoms with Crippen LogP contribution >= 0.6 is 0 Å². The van der Waals surface area contributed by atoms with Gasteiger partial charge in [0.25, 0.3) is 0 Å². The molecule has 228 valence electrons. The lowest BCUT2D eigenvalue weighted by molar-refractivity contribution is -0.200. The minimum atomic E-state index is -0.398. The first-order valence-corrected chi connectivity index (χ1v) is 16.3. The van der Waals surface area contributed by atoms with Gasteiger partial charge in [0.1, 0.15) is 0 Å². The van der Waals surface area contributed by atoms with Gasteiger partial charge >= 0.3 is 7.12 Å². The normalized spacial score (nSPS) is 31.2. The highest BCUT2D eigenvalue weighted by Crippen LogP contribution is 2.66. The van der Waals surface area contributed by atoms with Crippen LogP contribution in [-0.4, -0.2) is 48.6 Å². The topological polar surface area (TPSA) is 64.0 Å². The molecule has 0 spiro atoms. The van der Waals surface area contributed by atoms with Gasteiger partial charge in [0.15, 0.2) is 0 Å².